The monoisotopic (exact) mass is 332 g/mol. The average Bonchev–Trinajstić information content (AvgIpc) is 2.61. The molecule has 0 amide bonds. The lowest BCUT2D eigenvalue weighted by atomic mass is 10.1. The van der Waals surface area contributed by atoms with Gasteiger partial charge in [0, 0.05) is 13.1 Å². The summed E-state index contributed by atoms with van der Waals surface area (Å²) in [5.74, 6) is 0. The molecule has 1 aromatic rings. The van der Waals surface area contributed by atoms with Crippen molar-refractivity contribution in [2.75, 3.05) is 23.7 Å². The molecule has 0 bridgehead atoms. The second-order valence-electron chi connectivity index (χ2n) is 6.93. The van der Waals surface area contributed by atoms with Crippen LogP contribution in [0.3, 0.4) is 0 Å². The van der Waals surface area contributed by atoms with Crippen LogP contribution in [-0.4, -0.2) is 13.1 Å². The molecule has 0 spiro atoms. The van der Waals surface area contributed by atoms with E-state index in [1.807, 2.05) is 0 Å². The zero-order chi connectivity index (χ0) is 17.3. The van der Waals surface area contributed by atoms with Gasteiger partial charge in [-0.05, 0) is 25.0 Å². The number of hydrogen-bond acceptors (Lipinski definition) is 2. The molecular weight excluding hydrogens is 292 g/mol. The highest BCUT2D eigenvalue weighted by Gasteiger charge is 2.00. The van der Waals surface area contributed by atoms with Gasteiger partial charge in [-0.1, -0.05) is 90.2 Å². The molecule has 2 nitrogen and oxygen atoms in total. The maximum atomic E-state index is 3.61. The first kappa shape index (κ1) is 20.9. The lowest BCUT2D eigenvalue weighted by molar-refractivity contribution is 0.616. The van der Waals surface area contributed by atoms with E-state index in [4.69, 9.17) is 0 Å². The summed E-state index contributed by atoms with van der Waals surface area (Å²) < 4.78 is 0. The molecule has 2 heteroatoms. The zero-order valence-electron chi connectivity index (χ0n) is 16.2. The van der Waals surface area contributed by atoms with Gasteiger partial charge in [-0.2, -0.15) is 0 Å². The lowest BCUT2D eigenvalue weighted by Crippen LogP contribution is -2.07. The molecule has 0 aliphatic rings. The van der Waals surface area contributed by atoms with E-state index in [2.05, 4.69) is 48.7 Å². The topological polar surface area (TPSA) is 24.1 Å². The van der Waals surface area contributed by atoms with Gasteiger partial charge in [0.2, 0.25) is 0 Å². The maximum Gasteiger partial charge on any atom is 0.0575 e. The summed E-state index contributed by atoms with van der Waals surface area (Å²) in [5, 5.41) is 7.22. The fraction of sp³-hybridized carbons (Fsp3) is 0.727. The second-order valence-corrected chi connectivity index (χ2v) is 6.93. The Labute approximate surface area is 150 Å². The van der Waals surface area contributed by atoms with Gasteiger partial charge >= 0.3 is 0 Å². The maximum absolute atomic E-state index is 3.61. The van der Waals surface area contributed by atoms with Crippen LogP contribution in [0.15, 0.2) is 24.3 Å². The summed E-state index contributed by atoms with van der Waals surface area (Å²) in [6.45, 7) is 6.72. The summed E-state index contributed by atoms with van der Waals surface area (Å²) in [6, 6.07) is 8.64. The predicted octanol–water partition coefficient (Wildman–Crippen LogP) is 7.23. The van der Waals surface area contributed by atoms with Crippen molar-refractivity contribution in [1.29, 1.82) is 0 Å². The van der Waals surface area contributed by atoms with Gasteiger partial charge in [0.25, 0.3) is 0 Å². The number of benzene rings is 1. The molecule has 0 saturated carbocycles. The number of para-hydroxylation sites is 2. The molecule has 0 aliphatic carbocycles. The Kier molecular flexibility index (Phi) is 13.3. The Morgan fingerprint density at radius 2 is 0.917 bits per heavy atom. The first-order valence-corrected chi connectivity index (χ1v) is 10.4. The molecule has 0 aliphatic heterocycles. The first-order valence-electron chi connectivity index (χ1n) is 10.4. The molecular formula is C22H40N2. The quantitative estimate of drug-likeness (QED) is 0.312. The minimum absolute atomic E-state index is 1.09. The van der Waals surface area contributed by atoms with Crippen molar-refractivity contribution in [3.05, 3.63) is 24.3 Å². The van der Waals surface area contributed by atoms with Crippen LogP contribution in [-0.2, 0) is 0 Å². The number of rotatable bonds is 16. The summed E-state index contributed by atoms with van der Waals surface area (Å²) in [7, 11) is 0. The summed E-state index contributed by atoms with van der Waals surface area (Å²) in [4.78, 5) is 0. The van der Waals surface area contributed by atoms with Crippen LogP contribution >= 0.6 is 0 Å². The lowest BCUT2D eigenvalue weighted by Gasteiger charge is -2.14. The second kappa shape index (κ2) is 15.4. The minimum Gasteiger partial charge on any atom is -0.383 e. The smallest absolute Gasteiger partial charge is 0.0575 e. The van der Waals surface area contributed by atoms with Gasteiger partial charge in [-0.3, -0.25) is 0 Å². The molecule has 0 atom stereocenters. The molecule has 0 fully saturated rings. The highest BCUT2D eigenvalue weighted by atomic mass is 14.9. The van der Waals surface area contributed by atoms with Crippen LogP contribution in [0.1, 0.15) is 90.9 Å². The molecule has 0 radical (unpaired) electrons. The Hall–Kier alpha value is -1.18. The van der Waals surface area contributed by atoms with Gasteiger partial charge in [-0.25, -0.2) is 0 Å². The van der Waals surface area contributed by atoms with Crippen LogP contribution in [0.5, 0.6) is 0 Å². The normalized spacial score (nSPS) is 10.8. The number of hydrogen-bond donors (Lipinski definition) is 2. The third-order valence-electron chi connectivity index (χ3n) is 4.62. The number of nitrogens with one attached hydrogen (secondary N) is 2. The van der Waals surface area contributed by atoms with Gasteiger partial charge < -0.3 is 10.6 Å². The summed E-state index contributed by atoms with van der Waals surface area (Å²) >= 11 is 0. The van der Waals surface area contributed by atoms with Crippen molar-refractivity contribution in [3.8, 4) is 0 Å². The van der Waals surface area contributed by atoms with Gasteiger partial charge in [-0.15, -0.1) is 0 Å². The molecule has 0 aromatic heterocycles. The van der Waals surface area contributed by atoms with Gasteiger partial charge in [0.05, 0.1) is 11.4 Å². The highest BCUT2D eigenvalue weighted by molar-refractivity contribution is 5.68. The van der Waals surface area contributed by atoms with Crippen molar-refractivity contribution in [2.45, 2.75) is 90.9 Å². The molecule has 1 aromatic carbocycles. The van der Waals surface area contributed by atoms with Crippen LogP contribution in [0.25, 0.3) is 0 Å². The molecule has 138 valence electrons. The SMILES string of the molecule is CCCCCCCCNc1ccccc1NCCCCCCCC. The minimum atomic E-state index is 1.09. The summed E-state index contributed by atoms with van der Waals surface area (Å²) in [6.07, 6.45) is 16.2. The van der Waals surface area contributed by atoms with E-state index in [1.165, 1.54) is 88.4 Å². The van der Waals surface area contributed by atoms with Crippen molar-refractivity contribution in [3.63, 3.8) is 0 Å². The van der Waals surface area contributed by atoms with E-state index in [-0.39, 0.29) is 0 Å². The van der Waals surface area contributed by atoms with Gasteiger partial charge in [0.15, 0.2) is 0 Å². The average molecular weight is 333 g/mol. The molecule has 0 unspecified atom stereocenters. The van der Waals surface area contributed by atoms with E-state index >= 15 is 0 Å². The molecule has 0 saturated heterocycles. The summed E-state index contributed by atoms with van der Waals surface area (Å²) in [5.41, 5.74) is 2.52. The molecule has 24 heavy (non-hydrogen) atoms. The fourth-order valence-corrected chi connectivity index (χ4v) is 3.05. The third kappa shape index (κ3) is 10.6. The standard InChI is InChI=1S/C22H40N2/c1-3-5-7-9-11-15-19-23-21-17-13-14-18-22(21)24-20-16-12-10-8-6-4-2/h13-14,17-18,23-24H,3-12,15-16,19-20H2,1-2H3. The first-order chi connectivity index (χ1) is 11.9. The Balaban J connectivity index is 2.14. The molecule has 2 N–H and O–H groups in total. The van der Waals surface area contributed by atoms with E-state index in [0.717, 1.165) is 13.1 Å². The van der Waals surface area contributed by atoms with Crippen LogP contribution in [0.4, 0.5) is 11.4 Å². The fourth-order valence-electron chi connectivity index (χ4n) is 3.05. The Morgan fingerprint density at radius 3 is 1.33 bits per heavy atom. The highest BCUT2D eigenvalue weighted by Crippen LogP contribution is 2.21. The van der Waals surface area contributed by atoms with Crippen molar-refractivity contribution in [2.24, 2.45) is 0 Å². The van der Waals surface area contributed by atoms with E-state index in [9.17, 15) is 0 Å². The molecule has 1 rings (SSSR count). The Morgan fingerprint density at radius 1 is 0.542 bits per heavy atom. The van der Waals surface area contributed by atoms with Crippen LogP contribution < -0.4 is 10.6 Å². The van der Waals surface area contributed by atoms with E-state index in [0.29, 0.717) is 0 Å². The van der Waals surface area contributed by atoms with E-state index in [1.54, 1.807) is 0 Å². The molecule has 0 heterocycles. The zero-order valence-corrected chi connectivity index (χ0v) is 16.2. The van der Waals surface area contributed by atoms with Crippen molar-refractivity contribution >= 4 is 11.4 Å². The third-order valence-corrected chi connectivity index (χ3v) is 4.62. The number of anilines is 2. The predicted molar refractivity (Wildman–Crippen MR) is 110 cm³/mol. The Bertz CT molecular complexity index is 352. The van der Waals surface area contributed by atoms with E-state index < -0.39 is 0 Å². The van der Waals surface area contributed by atoms with Crippen LogP contribution in [0, 0.1) is 0 Å². The largest absolute Gasteiger partial charge is 0.383 e. The van der Waals surface area contributed by atoms with Gasteiger partial charge in [0.1, 0.15) is 0 Å². The van der Waals surface area contributed by atoms with Crippen molar-refractivity contribution < 1.29 is 0 Å². The number of unbranched alkanes of at least 4 members (excludes halogenated alkanes) is 10. The van der Waals surface area contributed by atoms with Crippen molar-refractivity contribution in [1.82, 2.24) is 0 Å². The van der Waals surface area contributed by atoms with Crippen LogP contribution in [0.2, 0.25) is 0 Å².